The van der Waals surface area contributed by atoms with Crippen LogP contribution in [0.5, 0.6) is 0 Å². The topological polar surface area (TPSA) is 23.5 Å². The van der Waals surface area contributed by atoms with E-state index in [0.29, 0.717) is 13.0 Å². The zero-order chi connectivity index (χ0) is 10.6. The maximum atomic E-state index is 12.2. The van der Waals surface area contributed by atoms with Crippen LogP contribution in [0.15, 0.2) is 0 Å². The molecule has 0 aromatic rings. The van der Waals surface area contributed by atoms with E-state index in [4.69, 9.17) is 5.11 Å². The first kappa shape index (κ1) is 11.8. The van der Waals surface area contributed by atoms with Crippen LogP contribution in [0.4, 0.5) is 12.9 Å². The van der Waals surface area contributed by atoms with E-state index in [9.17, 15) is 12.9 Å². The lowest BCUT2D eigenvalue weighted by Gasteiger charge is -2.38. The lowest BCUT2D eigenvalue weighted by Crippen LogP contribution is -2.47. The highest BCUT2D eigenvalue weighted by Crippen LogP contribution is 2.22. The first-order chi connectivity index (χ1) is 6.53. The van der Waals surface area contributed by atoms with Crippen molar-refractivity contribution in [3.63, 3.8) is 0 Å². The summed E-state index contributed by atoms with van der Waals surface area (Å²) >= 11 is 0. The Balaban J connectivity index is 2.45. The fraction of sp³-hybridized carbons (Fsp3) is 1.00. The zero-order valence-corrected chi connectivity index (χ0v) is 8.13. The summed E-state index contributed by atoms with van der Waals surface area (Å²) in [6.07, 6.45) is 2.30. The van der Waals surface area contributed by atoms with Gasteiger partial charge in [0.1, 0.15) is 0 Å². The molecule has 0 aliphatic carbocycles. The molecule has 0 saturated carbocycles. The van der Waals surface area contributed by atoms with Gasteiger partial charge >= 0.3 is 6.98 Å². The van der Waals surface area contributed by atoms with Gasteiger partial charge in [0.05, 0.1) is 0 Å². The number of aliphatic hydroxyl groups excluding tert-OH is 1. The second kappa shape index (κ2) is 5.02. The molecule has 0 aromatic carbocycles. The normalized spacial score (nSPS) is 25.3. The number of hydrogen-bond acceptors (Lipinski definition) is 2. The van der Waals surface area contributed by atoms with Crippen LogP contribution in [-0.4, -0.2) is 42.6 Å². The number of rotatable bonds is 4. The van der Waals surface area contributed by atoms with Crippen molar-refractivity contribution in [1.29, 1.82) is 0 Å². The molecule has 1 heterocycles. The average molecular weight is 210 g/mol. The Bertz CT molecular complexity index is 174. The van der Waals surface area contributed by atoms with Gasteiger partial charge in [-0.3, -0.25) is 0 Å². The standard InChI is InChI=1S/C8H16BF3NO/c10-9(11,12)7-13-5-2-1-3-8(13)4-6-14/h8,14H,1-7H2/q-1. The summed E-state index contributed by atoms with van der Waals surface area (Å²) in [5, 5.41) is 8.73. The quantitative estimate of drug-likeness (QED) is 0.712. The maximum Gasteiger partial charge on any atom is 0.492 e. The van der Waals surface area contributed by atoms with Crippen molar-refractivity contribution < 1.29 is 18.1 Å². The van der Waals surface area contributed by atoms with E-state index in [1.54, 1.807) is 0 Å². The van der Waals surface area contributed by atoms with E-state index in [-0.39, 0.29) is 12.6 Å². The molecule has 14 heavy (non-hydrogen) atoms. The molecule has 1 rings (SSSR count). The van der Waals surface area contributed by atoms with Crippen LogP contribution < -0.4 is 0 Å². The highest BCUT2D eigenvalue weighted by molar-refractivity contribution is 6.58. The fourth-order valence-electron chi connectivity index (χ4n) is 2.04. The van der Waals surface area contributed by atoms with Crippen LogP contribution in [-0.2, 0) is 0 Å². The van der Waals surface area contributed by atoms with Crippen LogP contribution in [0.2, 0.25) is 0 Å². The van der Waals surface area contributed by atoms with Crippen LogP contribution in [0, 0.1) is 0 Å². The minimum atomic E-state index is -4.73. The molecule has 2 nitrogen and oxygen atoms in total. The van der Waals surface area contributed by atoms with Gasteiger partial charge in [-0.25, -0.2) is 0 Å². The Kier molecular flexibility index (Phi) is 4.25. The number of hydrogen-bond donors (Lipinski definition) is 1. The zero-order valence-electron chi connectivity index (χ0n) is 8.13. The molecule has 1 aliphatic rings. The van der Waals surface area contributed by atoms with Crippen molar-refractivity contribution in [2.24, 2.45) is 0 Å². The second-order valence-electron chi connectivity index (χ2n) is 3.87. The first-order valence-corrected chi connectivity index (χ1v) is 5.09. The summed E-state index contributed by atoms with van der Waals surface area (Å²) in [6.45, 7) is -4.23. The molecule has 0 aromatic heterocycles. The van der Waals surface area contributed by atoms with Gasteiger partial charge in [0, 0.05) is 12.6 Å². The molecular weight excluding hydrogens is 194 g/mol. The molecule has 0 amide bonds. The first-order valence-electron chi connectivity index (χ1n) is 5.09. The van der Waals surface area contributed by atoms with Crippen molar-refractivity contribution in [3.05, 3.63) is 0 Å². The third-order valence-electron chi connectivity index (χ3n) is 2.65. The van der Waals surface area contributed by atoms with Gasteiger partial charge in [-0.1, -0.05) is 6.42 Å². The predicted molar refractivity (Wildman–Crippen MR) is 50.0 cm³/mol. The Labute approximate surface area is 82.1 Å². The van der Waals surface area contributed by atoms with Gasteiger partial charge < -0.3 is 23.0 Å². The summed E-state index contributed by atoms with van der Waals surface area (Å²) in [5.74, 6) is 0. The van der Waals surface area contributed by atoms with E-state index >= 15 is 0 Å². The lowest BCUT2D eigenvalue weighted by molar-refractivity contribution is 0.127. The van der Waals surface area contributed by atoms with Crippen LogP contribution >= 0.6 is 0 Å². The van der Waals surface area contributed by atoms with Crippen LogP contribution in [0.3, 0.4) is 0 Å². The molecule has 1 unspecified atom stereocenters. The smallest absolute Gasteiger partial charge is 0.448 e. The molecule has 6 heteroatoms. The number of halogens is 3. The monoisotopic (exact) mass is 210 g/mol. The molecule has 1 aliphatic heterocycles. The van der Waals surface area contributed by atoms with Crippen LogP contribution in [0.1, 0.15) is 25.7 Å². The van der Waals surface area contributed by atoms with Crippen molar-refractivity contribution in [3.8, 4) is 0 Å². The van der Waals surface area contributed by atoms with Crippen molar-refractivity contribution >= 4 is 6.98 Å². The van der Waals surface area contributed by atoms with Gasteiger partial charge in [-0.15, -0.1) is 0 Å². The molecule has 0 bridgehead atoms. The molecule has 1 atom stereocenters. The largest absolute Gasteiger partial charge is 0.492 e. The Morgan fingerprint density at radius 1 is 1.29 bits per heavy atom. The Morgan fingerprint density at radius 2 is 2.00 bits per heavy atom. The fourth-order valence-corrected chi connectivity index (χ4v) is 2.04. The lowest BCUT2D eigenvalue weighted by atomic mass is 9.87. The highest BCUT2D eigenvalue weighted by atomic mass is 19.4. The van der Waals surface area contributed by atoms with Gasteiger partial charge in [-0.2, -0.15) is 0 Å². The summed E-state index contributed by atoms with van der Waals surface area (Å²) in [7, 11) is 0. The van der Waals surface area contributed by atoms with E-state index in [0.717, 1.165) is 19.3 Å². The third-order valence-corrected chi connectivity index (χ3v) is 2.65. The Hall–Kier alpha value is -0.225. The molecule has 84 valence electrons. The van der Waals surface area contributed by atoms with Gasteiger partial charge in [-0.05, 0) is 32.3 Å². The molecule has 1 fully saturated rings. The van der Waals surface area contributed by atoms with E-state index in [2.05, 4.69) is 0 Å². The number of likely N-dealkylation sites (tertiary alicyclic amines) is 1. The van der Waals surface area contributed by atoms with E-state index < -0.39 is 13.4 Å². The minimum Gasteiger partial charge on any atom is -0.448 e. The maximum absolute atomic E-state index is 12.2. The summed E-state index contributed by atoms with van der Waals surface area (Å²) in [4.78, 5) is 1.47. The second-order valence-corrected chi connectivity index (χ2v) is 3.87. The number of nitrogens with zero attached hydrogens (tertiary/aromatic N) is 1. The van der Waals surface area contributed by atoms with Gasteiger partial charge in [0.15, 0.2) is 0 Å². The highest BCUT2D eigenvalue weighted by Gasteiger charge is 2.31. The van der Waals surface area contributed by atoms with Gasteiger partial charge in [0.25, 0.3) is 0 Å². The van der Waals surface area contributed by atoms with Crippen molar-refractivity contribution in [1.82, 2.24) is 4.90 Å². The minimum absolute atomic E-state index is 0.0218. The summed E-state index contributed by atoms with van der Waals surface area (Å²) in [6, 6.07) is -0.0720. The van der Waals surface area contributed by atoms with Crippen molar-refractivity contribution in [2.45, 2.75) is 31.7 Å². The van der Waals surface area contributed by atoms with Crippen molar-refractivity contribution in [2.75, 3.05) is 19.6 Å². The number of aliphatic hydroxyl groups is 1. The third kappa shape index (κ3) is 3.88. The molecule has 0 radical (unpaired) electrons. The van der Waals surface area contributed by atoms with E-state index in [1.807, 2.05) is 0 Å². The molecule has 0 spiro atoms. The SMILES string of the molecule is OCCC1CCCCN1C[B-](F)(F)F. The van der Waals surface area contributed by atoms with E-state index in [1.165, 1.54) is 4.90 Å². The van der Waals surface area contributed by atoms with Crippen LogP contribution in [0.25, 0.3) is 0 Å². The summed E-state index contributed by atoms with van der Waals surface area (Å²) < 4.78 is 36.6. The molecule has 1 N–H and O–H groups in total. The molecule has 1 saturated heterocycles. The molecular formula is C8H16BF3NO-. The Morgan fingerprint density at radius 3 is 2.57 bits per heavy atom. The summed E-state index contributed by atoms with van der Waals surface area (Å²) in [5.41, 5.74) is 0. The predicted octanol–water partition coefficient (Wildman–Crippen LogP) is 1.61. The average Bonchev–Trinajstić information content (AvgIpc) is 2.06. The number of piperidine rings is 1. The van der Waals surface area contributed by atoms with Gasteiger partial charge in [0.2, 0.25) is 0 Å².